The Labute approximate surface area is 117 Å². The standard InChI is InChI=1S/C15H17N3O2/c1-10-14(7-12(16)8-17-10)15(20)18(2)9-11-4-3-5-13(19)6-11/h3-8,19H,9,16H2,1-2H3. The second-order valence-corrected chi connectivity index (χ2v) is 4.73. The van der Waals surface area contributed by atoms with Crippen molar-refractivity contribution in [1.29, 1.82) is 0 Å². The normalized spacial score (nSPS) is 10.3. The molecule has 2 rings (SSSR count). The topological polar surface area (TPSA) is 79.5 Å². The van der Waals surface area contributed by atoms with Gasteiger partial charge in [-0.05, 0) is 30.7 Å². The Kier molecular flexibility index (Phi) is 3.89. The largest absolute Gasteiger partial charge is 0.508 e. The highest BCUT2D eigenvalue weighted by molar-refractivity contribution is 5.95. The van der Waals surface area contributed by atoms with Crippen molar-refractivity contribution >= 4 is 11.6 Å². The van der Waals surface area contributed by atoms with Gasteiger partial charge in [-0.3, -0.25) is 9.78 Å². The van der Waals surface area contributed by atoms with Crippen LogP contribution in [0.1, 0.15) is 21.6 Å². The zero-order chi connectivity index (χ0) is 14.7. The van der Waals surface area contributed by atoms with Crippen LogP contribution in [0.25, 0.3) is 0 Å². The number of aromatic nitrogens is 1. The number of pyridine rings is 1. The van der Waals surface area contributed by atoms with Gasteiger partial charge >= 0.3 is 0 Å². The number of hydrogen-bond donors (Lipinski definition) is 2. The molecule has 0 spiro atoms. The molecule has 0 aliphatic heterocycles. The predicted octanol–water partition coefficient (Wildman–Crippen LogP) is 1.95. The van der Waals surface area contributed by atoms with E-state index >= 15 is 0 Å². The first-order valence-corrected chi connectivity index (χ1v) is 6.23. The van der Waals surface area contributed by atoms with Gasteiger partial charge in [0.2, 0.25) is 0 Å². The van der Waals surface area contributed by atoms with Gasteiger partial charge in [0.25, 0.3) is 5.91 Å². The third-order valence-corrected chi connectivity index (χ3v) is 3.02. The summed E-state index contributed by atoms with van der Waals surface area (Å²) in [7, 11) is 1.70. The Hall–Kier alpha value is -2.56. The highest BCUT2D eigenvalue weighted by atomic mass is 16.3. The number of hydrogen-bond acceptors (Lipinski definition) is 4. The van der Waals surface area contributed by atoms with Crippen LogP contribution in [0.4, 0.5) is 5.69 Å². The summed E-state index contributed by atoms with van der Waals surface area (Å²) < 4.78 is 0. The van der Waals surface area contributed by atoms with Gasteiger partial charge in [-0.25, -0.2) is 0 Å². The van der Waals surface area contributed by atoms with Crippen LogP contribution in [-0.4, -0.2) is 27.9 Å². The van der Waals surface area contributed by atoms with Crippen molar-refractivity contribution in [1.82, 2.24) is 9.88 Å². The number of anilines is 1. The van der Waals surface area contributed by atoms with E-state index in [1.165, 1.54) is 6.20 Å². The van der Waals surface area contributed by atoms with Crippen LogP contribution in [0.2, 0.25) is 0 Å². The summed E-state index contributed by atoms with van der Waals surface area (Å²) >= 11 is 0. The smallest absolute Gasteiger partial charge is 0.255 e. The molecule has 1 amide bonds. The van der Waals surface area contributed by atoms with Crippen molar-refractivity contribution in [3.8, 4) is 5.75 Å². The fourth-order valence-electron chi connectivity index (χ4n) is 1.97. The number of rotatable bonds is 3. The number of amides is 1. The van der Waals surface area contributed by atoms with E-state index < -0.39 is 0 Å². The molecule has 0 saturated heterocycles. The Morgan fingerprint density at radius 2 is 2.15 bits per heavy atom. The molecule has 104 valence electrons. The van der Waals surface area contributed by atoms with Gasteiger partial charge in [0.1, 0.15) is 5.75 Å². The Morgan fingerprint density at radius 1 is 1.40 bits per heavy atom. The summed E-state index contributed by atoms with van der Waals surface area (Å²) in [6.45, 7) is 2.18. The van der Waals surface area contributed by atoms with E-state index in [9.17, 15) is 9.90 Å². The quantitative estimate of drug-likeness (QED) is 0.894. The van der Waals surface area contributed by atoms with E-state index in [1.807, 2.05) is 6.07 Å². The highest BCUT2D eigenvalue weighted by Gasteiger charge is 2.15. The molecule has 1 aromatic carbocycles. The van der Waals surface area contributed by atoms with Gasteiger partial charge in [-0.1, -0.05) is 12.1 Å². The molecule has 0 fully saturated rings. The Balaban J connectivity index is 2.18. The SMILES string of the molecule is Cc1ncc(N)cc1C(=O)N(C)Cc1cccc(O)c1. The number of benzene rings is 1. The molecule has 2 aromatic rings. The lowest BCUT2D eigenvalue weighted by Gasteiger charge is -2.18. The summed E-state index contributed by atoms with van der Waals surface area (Å²) in [4.78, 5) is 18.0. The minimum absolute atomic E-state index is 0.148. The fraction of sp³-hybridized carbons (Fsp3) is 0.200. The molecule has 20 heavy (non-hydrogen) atoms. The number of carbonyl (C=O) groups excluding carboxylic acids is 1. The number of nitrogens with zero attached hydrogens (tertiary/aromatic N) is 2. The predicted molar refractivity (Wildman–Crippen MR) is 77.3 cm³/mol. The third-order valence-electron chi connectivity index (χ3n) is 3.02. The molecule has 3 N–H and O–H groups in total. The summed E-state index contributed by atoms with van der Waals surface area (Å²) in [5, 5.41) is 9.43. The molecule has 0 radical (unpaired) electrons. The number of aromatic hydroxyl groups is 1. The maximum Gasteiger partial charge on any atom is 0.255 e. The molecule has 0 aliphatic rings. The molecule has 0 atom stereocenters. The summed E-state index contributed by atoms with van der Waals surface area (Å²) in [5.41, 5.74) is 8.13. The summed E-state index contributed by atoms with van der Waals surface area (Å²) in [6, 6.07) is 8.46. The minimum atomic E-state index is -0.148. The van der Waals surface area contributed by atoms with E-state index in [4.69, 9.17) is 5.73 Å². The van der Waals surface area contributed by atoms with Gasteiger partial charge in [0.05, 0.1) is 23.1 Å². The highest BCUT2D eigenvalue weighted by Crippen LogP contribution is 2.16. The number of phenolic OH excluding ortho intramolecular Hbond substituents is 1. The van der Waals surface area contributed by atoms with Crippen molar-refractivity contribution in [3.63, 3.8) is 0 Å². The molecule has 0 unspecified atom stereocenters. The molecular weight excluding hydrogens is 254 g/mol. The van der Waals surface area contributed by atoms with Gasteiger partial charge in [0.15, 0.2) is 0 Å². The molecule has 1 aromatic heterocycles. The molecule has 5 heteroatoms. The Morgan fingerprint density at radius 3 is 2.85 bits per heavy atom. The number of nitrogens with two attached hydrogens (primary N) is 1. The van der Waals surface area contributed by atoms with Crippen LogP contribution in [0.5, 0.6) is 5.75 Å². The maximum absolute atomic E-state index is 12.4. The first-order valence-electron chi connectivity index (χ1n) is 6.23. The van der Waals surface area contributed by atoms with E-state index in [2.05, 4.69) is 4.98 Å². The number of phenols is 1. The van der Waals surface area contributed by atoms with E-state index in [0.717, 1.165) is 5.56 Å². The fourth-order valence-corrected chi connectivity index (χ4v) is 1.97. The van der Waals surface area contributed by atoms with Crippen molar-refractivity contribution in [2.24, 2.45) is 0 Å². The zero-order valence-corrected chi connectivity index (χ0v) is 11.5. The number of nitrogen functional groups attached to an aromatic ring is 1. The van der Waals surface area contributed by atoms with Crippen molar-refractivity contribution in [3.05, 3.63) is 53.3 Å². The molecule has 0 aliphatic carbocycles. The minimum Gasteiger partial charge on any atom is -0.508 e. The average molecular weight is 271 g/mol. The van der Waals surface area contributed by atoms with E-state index in [0.29, 0.717) is 23.5 Å². The molecule has 0 saturated carbocycles. The van der Waals surface area contributed by atoms with Crippen LogP contribution < -0.4 is 5.73 Å². The average Bonchev–Trinajstić information content (AvgIpc) is 2.40. The molecular formula is C15H17N3O2. The lowest BCUT2D eigenvalue weighted by molar-refractivity contribution is 0.0784. The number of carbonyl (C=O) groups is 1. The van der Waals surface area contributed by atoms with Crippen LogP contribution >= 0.6 is 0 Å². The van der Waals surface area contributed by atoms with Crippen LogP contribution in [0.3, 0.4) is 0 Å². The number of aryl methyl sites for hydroxylation is 1. The van der Waals surface area contributed by atoms with Gasteiger partial charge < -0.3 is 15.7 Å². The van der Waals surface area contributed by atoms with Crippen molar-refractivity contribution in [2.45, 2.75) is 13.5 Å². The van der Waals surface area contributed by atoms with Crippen molar-refractivity contribution < 1.29 is 9.90 Å². The lowest BCUT2D eigenvalue weighted by atomic mass is 10.1. The molecule has 0 bridgehead atoms. The van der Waals surface area contributed by atoms with Crippen LogP contribution in [0, 0.1) is 6.92 Å². The molecule has 5 nitrogen and oxygen atoms in total. The maximum atomic E-state index is 12.4. The summed E-state index contributed by atoms with van der Waals surface area (Å²) in [6.07, 6.45) is 1.53. The Bertz CT molecular complexity index is 641. The lowest BCUT2D eigenvalue weighted by Crippen LogP contribution is -2.27. The second kappa shape index (κ2) is 5.61. The van der Waals surface area contributed by atoms with E-state index in [1.54, 1.807) is 43.1 Å². The van der Waals surface area contributed by atoms with Gasteiger partial charge in [-0.2, -0.15) is 0 Å². The summed E-state index contributed by atoms with van der Waals surface area (Å²) in [5.74, 6) is 0.0378. The van der Waals surface area contributed by atoms with Gasteiger partial charge in [-0.15, -0.1) is 0 Å². The van der Waals surface area contributed by atoms with E-state index in [-0.39, 0.29) is 11.7 Å². The third kappa shape index (κ3) is 3.06. The van der Waals surface area contributed by atoms with Crippen LogP contribution in [-0.2, 0) is 6.54 Å². The zero-order valence-electron chi connectivity index (χ0n) is 11.5. The van der Waals surface area contributed by atoms with Gasteiger partial charge in [0, 0.05) is 13.6 Å². The van der Waals surface area contributed by atoms with Crippen molar-refractivity contribution in [2.75, 3.05) is 12.8 Å². The first-order chi connectivity index (χ1) is 9.47. The second-order valence-electron chi connectivity index (χ2n) is 4.73. The molecule has 1 heterocycles. The van der Waals surface area contributed by atoms with Crippen LogP contribution in [0.15, 0.2) is 36.5 Å². The monoisotopic (exact) mass is 271 g/mol. The first kappa shape index (κ1) is 13.9.